The lowest BCUT2D eigenvalue weighted by molar-refractivity contribution is -0.134. The number of imide groups is 1. The highest BCUT2D eigenvalue weighted by molar-refractivity contribution is 6.00. The quantitative estimate of drug-likeness (QED) is 0.0442. The third kappa shape index (κ3) is 13.2. The fraction of sp³-hybridized carbons (Fsp3) is 0.508. The lowest BCUT2D eigenvalue weighted by Crippen LogP contribution is -2.51. The zero-order chi connectivity index (χ0) is 55.1. The zero-order valence-electron chi connectivity index (χ0n) is 47.5. The number of pyridine rings is 2. The van der Waals surface area contributed by atoms with E-state index in [0.717, 1.165) is 114 Å². The first-order chi connectivity index (χ1) is 37.8. The first-order valence-electron chi connectivity index (χ1n) is 28.6. The van der Waals surface area contributed by atoms with Gasteiger partial charge in [0.15, 0.2) is 0 Å². The molecule has 1 aromatic carbocycles. The highest BCUT2D eigenvalue weighted by atomic mass is 16.5. The summed E-state index contributed by atoms with van der Waals surface area (Å²) in [6.45, 7) is 18.2. The largest absolute Gasteiger partial charge is 0.380 e. The molecular formula is C63H84N10O5. The number of nitrogens with one attached hydrogen (secondary N) is 4. The fourth-order valence-electron chi connectivity index (χ4n) is 12.0. The Morgan fingerprint density at radius 3 is 2.36 bits per heavy atom. The van der Waals surface area contributed by atoms with E-state index in [2.05, 4.69) is 123 Å². The Morgan fingerprint density at radius 2 is 1.62 bits per heavy atom. The number of nitrogens with zero attached hydrogens (tertiary/aromatic N) is 5. The number of nitrogens with two attached hydrogens (primary N) is 1. The number of piperidine rings is 2. The van der Waals surface area contributed by atoms with Crippen molar-refractivity contribution in [3.8, 4) is 11.3 Å². The maximum atomic E-state index is 13.3. The van der Waals surface area contributed by atoms with Crippen molar-refractivity contribution in [2.45, 2.75) is 131 Å². The van der Waals surface area contributed by atoms with Crippen LogP contribution in [0.1, 0.15) is 120 Å². The number of fused-ring (bicyclic) bond motifs is 2. The molecule has 4 atom stereocenters. The minimum Gasteiger partial charge on any atom is -0.380 e. The Kier molecular flexibility index (Phi) is 18.4. The second kappa shape index (κ2) is 25.4. The van der Waals surface area contributed by atoms with Gasteiger partial charge in [-0.25, -0.2) is 9.97 Å². The Bertz CT molecular complexity index is 3110. The summed E-state index contributed by atoms with van der Waals surface area (Å²) in [5, 5.41) is 11.8. The molecule has 6 N–H and O–H groups in total. The number of aromatic nitrogens is 4. The minimum absolute atomic E-state index is 0.0494. The van der Waals surface area contributed by atoms with Gasteiger partial charge in [-0.2, -0.15) is 0 Å². The number of amides is 3. The van der Waals surface area contributed by atoms with Gasteiger partial charge >= 0.3 is 0 Å². The van der Waals surface area contributed by atoms with Crippen molar-refractivity contribution in [1.29, 1.82) is 0 Å². The Labute approximate surface area is 461 Å². The summed E-state index contributed by atoms with van der Waals surface area (Å²) in [6.07, 6.45) is 19.7. The molecule has 0 radical (unpaired) electrons. The van der Waals surface area contributed by atoms with Crippen LogP contribution in [-0.4, -0.2) is 113 Å². The van der Waals surface area contributed by atoms with Crippen molar-refractivity contribution in [3.05, 3.63) is 123 Å². The van der Waals surface area contributed by atoms with Crippen molar-refractivity contribution in [2.24, 2.45) is 30.0 Å². The Balaban J connectivity index is 0.00000366. The monoisotopic (exact) mass is 1060 g/mol. The summed E-state index contributed by atoms with van der Waals surface area (Å²) in [4.78, 5) is 56.5. The van der Waals surface area contributed by atoms with Crippen LogP contribution >= 0.6 is 0 Å². The number of allylic oxidation sites excluding steroid dienone is 2. The number of aromatic amines is 1. The number of hydrogen-bond donors (Lipinski definition) is 5. The van der Waals surface area contributed by atoms with Crippen molar-refractivity contribution in [2.75, 3.05) is 53.6 Å². The number of methoxy groups -OCH3 is 2. The molecule has 15 nitrogen and oxygen atoms in total. The minimum atomic E-state index is -0.566. The summed E-state index contributed by atoms with van der Waals surface area (Å²) < 4.78 is 13.4. The van der Waals surface area contributed by atoms with E-state index in [4.69, 9.17) is 25.2 Å². The third-order valence-electron chi connectivity index (χ3n) is 17.4. The molecule has 4 aromatic heterocycles. The summed E-state index contributed by atoms with van der Waals surface area (Å²) in [5.74, 6) is -0.897. The van der Waals surface area contributed by atoms with E-state index in [1.54, 1.807) is 14.2 Å². The Hall–Kier alpha value is -6.07. The topological polar surface area (TPSA) is 185 Å². The highest BCUT2D eigenvalue weighted by Gasteiger charge is 2.44. The average Bonchev–Trinajstić information content (AvgIpc) is 3.98. The number of carbonyl (C=O) groups excluding carboxylic acids is 3. The number of primary amides is 1. The maximum absolute atomic E-state index is 13.3. The molecule has 10 rings (SSSR count). The van der Waals surface area contributed by atoms with Crippen LogP contribution in [0.2, 0.25) is 0 Å². The second-order valence-corrected chi connectivity index (χ2v) is 22.7. The van der Waals surface area contributed by atoms with Crippen LogP contribution in [-0.2, 0) is 57.1 Å². The van der Waals surface area contributed by atoms with Gasteiger partial charge in [0.25, 0.3) is 0 Å². The van der Waals surface area contributed by atoms with Crippen LogP contribution in [0.25, 0.3) is 38.9 Å². The van der Waals surface area contributed by atoms with Gasteiger partial charge in [-0.1, -0.05) is 63.6 Å². The first kappa shape index (κ1) is 56.6. The normalized spacial score (nSPS) is 20.3. The lowest BCUT2D eigenvalue weighted by atomic mass is 9.87. The molecule has 1 spiro atoms. The molecule has 78 heavy (non-hydrogen) atoms. The van der Waals surface area contributed by atoms with Gasteiger partial charge in [0.05, 0.1) is 36.7 Å². The van der Waals surface area contributed by atoms with Crippen molar-refractivity contribution >= 4 is 45.4 Å². The van der Waals surface area contributed by atoms with Gasteiger partial charge in [0.2, 0.25) is 17.7 Å². The van der Waals surface area contributed by atoms with Crippen molar-refractivity contribution in [1.82, 2.24) is 45.3 Å². The van der Waals surface area contributed by atoms with Gasteiger partial charge in [-0.05, 0) is 164 Å². The predicted molar refractivity (Wildman–Crippen MR) is 311 cm³/mol. The van der Waals surface area contributed by atoms with Gasteiger partial charge in [-0.3, -0.25) is 29.5 Å². The molecule has 5 aromatic rings. The van der Waals surface area contributed by atoms with Crippen LogP contribution in [0.15, 0.2) is 95.4 Å². The molecule has 416 valence electrons. The van der Waals surface area contributed by atoms with Crippen LogP contribution in [0.3, 0.4) is 0 Å². The first-order valence-corrected chi connectivity index (χ1v) is 28.6. The number of H-pyrrole nitrogens is 1. The SMILES string of the molecule is CC.COCC1=C(CNC2CCC(=O)NC2=O)C=C(c2cc(CN3CCC(C)=C(/C=C\C(C)C(C)C(NCc4cc(-c5cc(CN6CCC7(CC6)CC7)c6cc[nH]c6n5)ccc4COC)C(N)=O)C3)c3ccn(C)c3n2)CC1. The molecule has 15 heteroatoms. The van der Waals surface area contributed by atoms with E-state index >= 15 is 0 Å². The smallest absolute Gasteiger partial charge is 0.243 e. The van der Waals surface area contributed by atoms with E-state index in [0.29, 0.717) is 44.6 Å². The van der Waals surface area contributed by atoms with Crippen LogP contribution in [0.5, 0.6) is 0 Å². The van der Waals surface area contributed by atoms with E-state index < -0.39 is 12.1 Å². The number of likely N-dealkylation sites (tertiary alicyclic amines) is 1. The van der Waals surface area contributed by atoms with Gasteiger partial charge < -0.3 is 35.4 Å². The van der Waals surface area contributed by atoms with Gasteiger partial charge in [0, 0.05) is 95.7 Å². The van der Waals surface area contributed by atoms with Gasteiger partial charge in [-0.15, -0.1) is 0 Å². The van der Waals surface area contributed by atoms with Crippen molar-refractivity contribution < 1.29 is 23.9 Å². The molecule has 3 fully saturated rings. The molecule has 7 heterocycles. The molecule has 2 saturated heterocycles. The maximum Gasteiger partial charge on any atom is 0.243 e. The standard InChI is InChI=1S/C61H78N10O5.C2H6/c1-38(40(3)56(57(62)73)65-32-47-27-41(9-11-45(47)37-76-6)53-29-48(50-15-22-63-58(50)66-53)34-70-25-20-61(18-19-61)21-26-70)7-8-43-33-71(24-16-39(43)2)35-49-30-54(67-59-51(49)17-23-69(59)4)42-10-12-44(36-75-5)46(28-42)31-64-52-13-14-55(72)68-60(52)74;1-2/h7-9,11,15,17,22-23,27-30,38,40,52,56,64-65H,10,12-14,16,18-21,24-26,31-37H2,1-6H3,(H2,62,73)(H,63,66)(H,68,72,74);1-2H3/b8-7-;. The summed E-state index contributed by atoms with van der Waals surface area (Å²) in [7, 11) is 5.47. The fourth-order valence-corrected chi connectivity index (χ4v) is 12.0. The molecule has 3 amide bonds. The van der Waals surface area contributed by atoms with E-state index in [-0.39, 0.29) is 29.6 Å². The Morgan fingerprint density at radius 1 is 0.859 bits per heavy atom. The van der Waals surface area contributed by atoms with Crippen LogP contribution in [0, 0.1) is 17.3 Å². The number of ether oxygens (including phenoxy) is 2. The molecule has 5 aliphatic rings. The average molecular weight is 1060 g/mol. The van der Waals surface area contributed by atoms with Crippen LogP contribution in [0.4, 0.5) is 0 Å². The second-order valence-electron chi connectivity index (χ2n) is 22.7. The summed E-state index contributed by atoms with van der Waals surface area (Å²) in [5.41, 5.74) is 22.4. The third-order valence-corrected chi connectivity index (χ3v) is 17.4. The molecule has 4 unspecified atom stereocenters. The summed E-state index contributed by atoms with van der Waals surface area (Å²) in [6, 6.07) is 14.3. The van der Waals surface area contributed by atoms with Crippen LogP contribution < -0.4 is 21.7 Å². The van der Waals surface area contributed by atoms with E-state index in [1.807, 2.05) is 27.1 Å². The number of carbonyl (C=O) groups is 3. The molecule has 1 saturated carbocycles. The number of benzene rings is 1. The number of hydrogen-bond acceptors (Lipinski definition) is 11. The zero-order valence-corrected chi connectivity index (χ0v) is 47.5. The predicted octanol–water partition coefficient (Wildman–Crippen LogP) is 9.17. The molecule has 3 aliphatic heterocycles. The molecule has 0 bridgehead atoms. The number of aryl methyl sites for hydroxylation is 1. The van der Waals surface area contributed by atoms with Gasteiger partial charge in [0.1, 0.15) is 11.3 Å². The highest BCUT2D eigenvalue weighted by Crippen LogP contribution is 2.53. The van der Waals surface area contributed by atoms with E-state index in [9.17, 15) is 14.4 Å². The molecule has 2 aliphatic carbocycles. The summed E-state index contributed by atoms with van der Waals surface area (Å²) >= 11 is 0. The van der Waals surface area contributed by atoms with E-state index in [1.165, 1.54) is 58.9 Å². The molecular weight excluding hydrogens is 977 g/mol. The number of rotatable bonds is 21. The lowest BCUT2D eigenvalue weighted by Gasteiger charge is -2.32. The van der Waals surface area contributed by atoms with Crippen molar-refractivity contribution in [3.63, 3.8) is 0 Å².